The fourth-order valence-electron chi connectivity index (χ4n) is 3.56. The predicted molar refractivity (Wildman–Crippen MR) is 102 cm³/mol. The molecule has 2 aromatic rings. The summed E-state index contributed by atoms with van der Waals surface area (Å²) in [6.45, 7) is 7.76. The van der Waals surface area contributed by atoms with Gasteiger partial charge in [-0.05, 0) is 39.3 Å². The number of ether oxygens (including phenoxy) is 1. The summed E-state index contributed by atoms with van der Waals surface area (Å²) in [6.07, 6.45) is 0.903. The molecule has 1 aliphatic heterocycles. The van der Waals surface area contributed by atoms with Gasteiger partial charge in [-0.15, -0.1) is 11.3 Å². The Labute approximate surface area is 161 Å². The standard InChI is InChI=1S/C18H24N4O4S/c1-17(2)8-10-12(14(19)24)16(27-13(10)18(3,4)26-17)20-15(25)11-7-9(5-6-23)21-22-11/h7,23H,5-6,8H2,1-4H3,(H2,19,24)(H,20,25)(H,21,22). The van der Waals surface area contributed by atoms with E-state index in [4.69, 9.17) is 15.6 Å². The van der Waals surface area contributed by atoms with E-state index in [9.17, 15) is 9.59 Å². The van der Waals surface area contributed by atoms with Crippen molar-refractivity contribution in [2.75, 3.05) is 11.9 Å². The smallest absolute Gasteiger partial charge is 0.276 e. The molecule has 0 aromatic carbocycles. The molecule has 0 atom stereocenters. The number of aromatic amines is 1. The summed E-state index contributed by atoms with van der Waals surface area (Å²) in [5.41, 5.74) is 6.58. The summed E-state index contributed by atoms with van der Waals surface area (Å²) in [5, 5.41) is 18.8. The lowest BCUT2D eigenvalue weighted by Crippen LogP contribution is -2.42. The van der Waals surface area contributed by atoms with Gasteiger partial charge in [0, 0.05) is 30.0 Å². The van der Waals surface area contributed by atoms with Crippen molar-refractivity contribution in [1.29, 1.82) is 0 Å². The fourth-order valence-corrected chi connectivity index (χ4v) is 4.82. The molecule has 1 aliphatic rings. The van der Waals surface area contributed by atoms with Gasteiger partial charge in [0.1, 0.15) is 5.00 Å². The highest BCUT2D eigenvalue weighted by Crippen LogP contribution is 2.48. The first kappa shape index (κ1) is 19.5. The maximum absolute atomic E-state index is 12.6. The largest absolute Gasteiger partial charge is 0.396 e. The zero-order valence-corrected chi connectivity index (χ0v) is 16.6. The van der Waals surface area contributed by atoms with E-state index in [1.54, 1.807) is 6.07 Å². The van der Waals surface area contributed by atoms with E-state index < -0.39 is 23.0 Å². The van der Waals surface area contributed by atoms with Crippen LogP contribution in [0.5, 0.6) is 0 Å². The van der Waals surface area contributed by atoms with E-state index in [-0.39, 0.29) is 12.3 Å². The quantitative estimate of drug-likeness (QED) is 0.618. The third-order valence-electron chi connectivity index (χ3n) is 4.41. The van der Waals surface area contributed by atoms with Crippen LogP contribution in [0.1, 0.15) is 64.7 Å². The van der Waals surface area contributed by atoms with Crippen LogP contribution in [0.25, 0.3) is 0 Å². The molecule has 27 heavy (non-hydrogen) atoms. The first-order valence-corrected chi connectivity index (χ1v) is 9.48. The molecule has 9 heteroatoms. The molecule has 146 valence electrons. The monoisotopic (exact) mass is 392 g/mol. The number of nitrogens with zero attached hydrogens (tertiary/aromatic N) is 1. The molecular weight excluding hydrogens is 368 g/mol. The van der Waals surface area contributed by atoms with Crippen LogP contribution in [0.4, 0.5) is 5.00 Å². The first-order chi connectivity index (χ1) is 12.5. The number of amides is 2. The molecule has 2 aromatic heterocycles. The van der Waals surface area contributed by atoms with Crippen LogP contribution in [0.3, 0.4) is 0 Å². The second-order valence-corrected chi connectivity index (χ2v) is 8.75. The zero-order valence-electron chi connectivity index (χ0n) is 15.8. The molecule has 5 N–H and O–H groups in total. The first-order valence-electron chi connectivity index (χ1n) is 8.66. The molecule has 8 nitrogen and oxygen atoms in total. The van der Waals surface area contributed by atoms with Gasteiger partial charge >= 0.3 is 0 Å². The van der Waals surface area contributed by atoms with E-state index in [1.807, 2.05) is 27.7 Å². The SMILES string of the molecule is CC1(C)Cc2c(sc(NC(=O)c3cc(CCO)[nH]n3)c2C(N)=O)C(C)(C)O1. The van der Waals surface area contributed by atoms with Crippen molar-refractivity contribution < 1.29 is 19.4 Å². The van der Waals surface area contributed by atoms with Crippen LogP contribution in [0, 0.1) is 0 Å². The van der Waals surface area contributed by atoms with E-state index in [0.29, 0.717) is 29.1 Å². The molecule has 0 saturated carbocycles. The number of aromatic nitrogens is 2. The Bertz CT molecular complexity index is 897. The number of anilines is 1. The maximum Gasteiger partial charge on any atom is 0.276 e. The van der Waals surface area contributed by atoms with E-state index in [1.165, 1.54) is 11.3 Å². The molecule has 0 saturated heterocycles. The Kier molecular flexibility index (Phi) is 4.87. The average molecular weight is 392 g/mol. The lowest BCUT2D eigenvalue weighted by atomic mass is 9.86. The molecule has 0 unspecified atom stereocenters. The number of hydrogen-bond acceptors (Lipinski definition) is 6. The maximum atomic E-state index is 12.6. The normalized spacial score (nSPS) is 17.4. The summed E-state index contributed by atoms with van der Waals surface area (Å²) in [6, 6.07) is 1.57. The summed E-state index contributed by atoms with van der Waals surface area (Å²) in [5.74, 6) is -1.03. The topological polar surface area (TPSA) is 130 Å². The van der Waals surface area contributed by atoms with Crippen LogP contribution in [0.2, 0.25) is 0 Å². The number of rotatable bonds is 5. The number of nitrogens with two attached hydrogens (primary N) is 1. The van der Waals surface area contributed by atoms with E-state index >= 15 is 0 Å². The predicted octanol–water partition coefficient (Wildman–Crippen LogP) is 1.94. The molecule has 2 amide bonds. The van der Waals surface area contributed by atoms with Gasteiger partial charge in [0.25, 0.3) is 11.8 Å². The summed E-state index contributed by atoms with van der Waals surface area (Å²) in [7, 11) is 0. The summed E-state index contributed by atoms with van der Waals surface area (Å²) >= 11 is 1.30. The van der Waals surface area contributed by atoms with Crippen LogP contribution in [0.15, 0.2) is 6.07 Å². The Morgan fingerprint density at radius 3 is 2.74 bits per heavy atom. The number of aliphatic hydroxyl groups is 1. The molecule has 3 heterocycles. The van der Waals surface area contributed by atoms with Gasteiger partial charge in [-0.2, -0.15) is 5.10 Å². The molecule has 0 bridgehead atoms. The number of H-pyrrole nitrogens is 1. The molecule has 3 rings (SSSR count). The van der Waals surface area contributed by atoms with Crippen LogP contribution in [-0.4, -0.2) is 39.3 Å². The number of fused-ring (bicyclic) bond motifs is 1. The third kappa shape index (κ3) is 3.76. The van der Waals surface area contributed by atoms with Crippen LogP contribution < -0.4 is 11.1 Å². The van der Waals surface area contributed by atoms with Gasteiger partial charge < -0.3 is 20.9 Å². The van der Waals surface area contributed by atoms with Crippen molar-refractivity contribution in [3.05, 3.63) is 33.5 Å². The molecule has 0 fully saturated rings. The van der Waals surface area contributed by atoms with Crippen LogP contribution in [-0.2, 0) is 23.2 Å². The van der Waals surface area contributed by atoms with Crippen molar-refractivity contribution in [2.45, 2.75) is 51.7 Å². The number of nitrogens with one attached hydrogen (secondary N) is 2. The zero-order chi connectivity index (χ0) is 20.0. The third-order valence-corrected chi connectivity index (χ3v) is 5.86. The number of primary amides is 1. The highest BCUT2D eigenvalue weighted by atomic mass is 32.1. The minimum atomic E-state index is -0.602. The van der Waals surface area contributed by atoms with Gasteiger partial charge in [-0.3, -0.25) is 14.7 Å². The Balaban J connectivity index is 1.97. The van der Waals surface area contributed by atoms with E-state index in [0.717, 1.165) is 10.4 Å². The minimum absolute atomic E-state index is 0.0441. The molecule has 0 spiro atoms. The van der Waals surface area contributed by atoms with Crippen molar-refractivity contribution in [2.24, 2.45) is 5.73 Å². The summed E-state index contributed by atoms with van der Waals surface area (Å²) in [4.78, 5) is 25.6. The van der Waals surface area contributed by atoms with Crippen molar-refractivity contribution >= 4 is 28.2 Å². The fraction of sp³-hybridized carbons (Fsp3) is 0.500. The van der Waals surface area contributed by atoms with Crippen molar-refractivity contribution in [3.8, 4) is 0 Å². The molecular formula is C18H24N4O4S. The van der Waals surface area contributed by atoms with Gasteiger partial charge in [-0.1, -0.05) is 0 Å². The lowest BCUT2D eigenvalue weighted by Gasteiger charge is -2.41. The highest BCUT2D eigenvalue weighted by Gasteiger charge is 2.42. The summed E-state index contributed by atoms with van der Waals surface area (Å²) < 4.78 is 6.16. The number of thiophene rings is 1. The van der Waals surface area contributed by atoms with Gasteiger partial charge in [0.05, 0.1) is 16.8 Å². The number of carbonyl (C=O) groups excluding carboxylic acids is 2. The highest BCUT2D eigenvalue weighted by molar-refractivity contribution is 7.17. The van der Waals surface area contributed by atoms with Crippen molar-refractivity contribution in [3.63, 3.8) is 0 Å². The average Bonchev–Trinajstić information content (AvgIpc) is 3.10. The van der Waals surface area contributed by atoms with Gasteiger partial charge in [0.15, 0.2) is 5.69 Å². The van der Waals surface area contributed by atoms with Gasteiger partial charge in [0.2, 0.25) is 0 Å². The van der Waals surface area contributed by atoms with Crippen LogP contribution >= 0.6 is 11.3 Å². The Morgan fingerprint density at radius 1 is 1.41 bits per heavy atom. The second kappa shape index (κ2) is 6.74. The number of aliphatic hydroxyl groups excluding tert-OH is 1. The van der Waals surface area contributed by atoms with Crippen molar-refractivity contribution in [1.82, 2.24) is 10.2 Å². The number of carbonyl (C=O) groups is 2. The van der Waals surface area contributed by atoms with Gasteiger partial charge in [-0.25, -0.2) is 0 Å². The Morgan fingerprint density at radius 2 is 2.11 bits per heavy atom. The number of hydrogen-bond donors (Lipinski definition) is 4. The minimum Gasteiger partial charge on any atom is -0.396 e. The second-order valence-electron chi connectivity index (χ2n) is 7.73. The van der Waals surface area contributed by atoms with E-state index in [2.05, 4.69) is 15.5 Å². The molecule has 0 radical (unpaired) electrons. The molecule has 0 aliphatic carbocycles. The lowest BCUT2D eigenvalue weighted by molar-refractivity contribution is -0.135. The Hall–Kier alpha value is -2.23.